The second kappa shape index (κ2) is 7.28. The normalized spacial score (nSPS) is 18.3. The van der Waals surface area contributed by atoms with E-state index in [9.17, 15) is 19.2 Å². The molecule has 2 atom stereocenters. The first-order valence-corrected chi connectivity index (χ1v) is 7.90. The summed E-state index contributed by atoms with van der Waals surface area (Å²) in [6.45, 7) is 3.59. The van der Waals surface area contributed by atoms with Crippen molar-refractivity contribution in [2.75, 3.05) is 11.9 Å². The van der Waals surface area contributed by atoms with E-state index in [1.165, 1.54) is 0 Å². The van der Waals surface area contributed by atoms with Crippen LogP contribution >= 0.6 is 11.8 Å². The minimum Gasteiger partial charge on any atom is -0.462 e. The van der Waals surface area contributed by atoms with Crippen molar-refractivity contribution in [2.24, 2.45) is 5.92 Å². The highest BCUT2D eigenvalue weighted by Crippen LogP contribution is 2.26. The molecular formula is C15H16N2O5S. The highest BCUT2D eigenvalue weighted by atomic mass is 32.2. The molecule has 1 heterocycles. The van der Waals surface area contributed by atoms with Crippen LogP contribution in [0.25, 0.3) is 0 Å². The van der Waals surface area contributed by atoms with Crippen molar-refractivity contribution in [1.82, 2.24) is 5.32 Å². The average molecular weight is 336 g/mol. The van der Waals surface area contributed by atoms with Gasteiger partial charge in [0.1, 0.15) is 5.25 Å². The highest BCUT2D eigenvalue weighted by molar-refractivity contribution is 8.15. The van der Waals surface area contributed by atoms with Gasteiger partial charge in [-0.3, -0.25) is 19.7 Å². The van der Waals surface area contributed by atoms with E-state index in [0.717, 1.165) is 11.8 Å². The number of carbonyl (C=O) groups excluding carboxylic acids is 4. The van der Waals surface area contributed by atoms with Gasteiger partial charge in [-0.2, -0.15) is 0 Å². The molecule has 0 saturated carbocycles. The van der Waals surface area contributed by atoms with E-state index in [0.29, 0.717) is 11.3 Å². The molecule has 8 heteroatoms. The van der Waals surface area contributed by atoms with E-state index in [2.05, 4.69) is 10.6 Å². The smallest absolute Gasteiger partial charge is 0.338 e. The number of hydrogen-bond donors (Lipinski definition) is 2. The Bertz CT molecular complexity index is 644. The van der Waals surface area contributed by atoms with Crippen molar-refractivity contribution in [3.05, 3.63) is 29.8 Å². The third-order valence-electron chi connectivity index (χ3n) is 3.25. The number of imide groups is 1. The lowest BCUT2D eigenvalue weighted by molar-refractivity contribution is -0.125. The van der Waals surface area contributed by atoms with Gasteiger partial charge in [-0.1, -0.05) is 18.7 Å². The molecule has 0 aliphatic carbocycles. The first-order chi connectivity index (χ1) is 10.9. The van der Waals surface area contributed by atoms with Crippen LogP contribution < -0.4 is 10.6 Å². The van der Waals surface area contributed by atoms with Gasteiger partial charge in [-0.05, 0) is 31.2 Å². The molecule has 2 unspecified atom stereocenters. The average Bonchev–Trinajstić information content (AvgIpc) is 2.86. The van der Waals surface area contributed by atoms with Crippen molar-refractivity contribution in [3.63, 3.8) is 0 Å². The van der Waals surface area contributed by atoms with Crippen molar-refractivity contribution < 1.29 is 23.9 Å². The number of esters is 1. The molecule has 0 bridgehead atoms. The predicted molar refractivity (Wildman–Crippen MR) is 85.1 cm³/mol. The molecule has 1 aliphatic rings. The number of thioether (sulfide) groups is 1. The molecular weight excluding hydrogens is 320 g/mol. The number of benzene rings is 1. The zero-order valence-electron chi connectivity index (χ0n) is 12.6. The maximum absolute atomic E-state index is 12.2. The summed E-state index contributed by atoms with van der Waals surface area (Å²) < 4.78 is 4.87. The lowest BCUT2D eigenvalue weighted by atomic mass is 10.1. The van der Waals surface area contributed by atoms with Crippen LogP contribution in [-0.2, 0) is 14.3 Å². The Morgan fingerprint density at radius 3 is 2.48 bits per heavy atom. The van der Waals surface area contributed by atoms with Crippen molar-refractivity contribution >= 4 is 40.5 Å². The monoisotopic (exact) mass is 336 g/mol. The van der Waals surface area contributed by atoms with Crippen LogP contribution in [0.3, 0.4) is 0 Å². The van der Waals surface area contributed by atoms with Gasteiger partial charge in [-0.15, -0.1) is 0 Å². The summed E-state index contributed by atoms with van der Waals surface area (Å²) in [5.74, 6) is -1.94. The van der Waals surface area contributed by atoms with Crippen LogP contribution in [0.2, 0.25) is 0 Å². The second-order valence-corrected chi connectivity index (χ2v) is 6.01. The Balaban J connectivity index is 1.98. The van der Waals surface area contributed by atoms with E-state index in [4.69, 9.17) is 4.74 Å². The van der Waals surface area contributed by atoms with Gasteiger partial charge in [0.15, 0.2) is 0 Å². The van der Waals surface area contributed by atoms with Gasteiger partial charge in [0, 0.05) is 5.69 Å². The van der Waals surface area contributed by atoms with Crippen LogP contribution in [0.1, 0.15) is 24.2 Å². The van der Waals surface area contributed by atoms with E-state index in [1.54, 1.807) is 38.1 Å². The van der Waals surface area contributed by atoms with Gasteiger partial charge in [0.2, 0.25) is 11.8 Å². The van der Waals surface area contributed by atoms with Crippen LogP contribution in [0.4, 0.5) is 10.5 Å². The Kier molecular flexibility index (Phi) is 5.38. The molecule has 0 spiro atoms. The van der Waals surface area contributed by atoms with Crippen LogP contribution in [0.5, 0.6) is 0 Å². The quantitative estimate of drug-likeness (QED) is 0.795. The van der Waals surface area contributed by atoms with Gasteiger partial charge in [0.05, 0.1) is 18.1 Å². The first kappa shape index (κ1) is 17.0. The van der Waals surface area contributed by atoms with E-state index >= 15 is 0 Å². The summed E-state index contributed by atoms with van der Waals surface area (Å²) in [5.41, 5.74) is 0.874. The fourth-order valence-electron chi connectivity index (χ4n) is 2.00. The summed E-state index contributed by atoms with van der Waals surface area (Å²) in [6.07, 6.45) is 0. The third-order valence-corrected chi connectivity index (χ3v) is 4.44. The van der Waals surface area contributed by atoms with Crippen molar-refractivity contribution in [3.8, 4) is 0 Å². The molecule has 1 aromatic rings. The molecule has 23 heavy (non-hydrogen) atoms. The molecule has 3 amide bonds. The summed E-state index contributed by atoms with van der Waals surface area (Å²) in [4.78, 5) is 46.4. The maximum atomic E-state index is 12.2. The van der Waals surface area contributed by atoms with Crippen LogP contribution in [0.15, 0.2) is 24.3 Å². The topological polar surface area (TPSA) is 102 Å². The molecule has 7 nitrogen and oxygen atoms in total. The molecule has 2 rings (SSSR count). The zero-order chi connectivity index (χ0) is 17.0. The molecule has 0 aromatic heterocycles. The van der Waals surface area contributed by atoms with Gasteiger partial charge < -0.3 is 10.1 Å². The summed E-state index contributed by atoms with van der Waals surface area (Å²) in [5, 5.41) is 3.63. The third kappa shape index (κ3) is 4.10. The summed E-state index contributed by atoms with van der Waals surface area (Å²) in [7, 11) is 0. The lowest BCUT2D eigenvalue weighted by Gasteiger charge is -2.15. The van der Waals surface area contributed by atoms with Crippen molar-refractivity contribution in [2.45, 2.75) is 19.1 Å². The highest BCUT2D eigenvalue weighted by Gasteiger charge is 2.38. The number of ether oxygens (including phenoxy) is 1. The van der Waals surface area contributed by atoms with Crippen molar-refractivity contribution in [1.29, 1.82) is 0 Å². The molecule has 1 fully saturated rings. The molecule has 1 aromatic carbocycles. The standard InChI is InChI=1S/C15H16N2O5S/c1-3-22-14(20)9-4-6-10(7-5-9)16-12(18)8(2)11-13(19)17-15(21)23-11/h4-8,11H,3H2,1-2H3,(H,16,18)(H,17,19,21). The minimum absolute atomic E-state index is 0.286. The Morgan fingerprint density at radius 2 is 1.96 bits per heavy atom. The maximum Gasteiger partial charge on any atom is 0.338 e. The summed E-state index contributed by atoms with van der Waals surface area (Å²) >= 11 is 0.811. The molecule has 122 valence electrons. The minimum atomic E-state index is -0.735. The largest absolute Gasteiger partial charge is 0.462 e. The number of carbonyl (C=O) groups is 4. The number of hydrogen-bond acceptors (Lipinski definition) is 6. The molecule has 1 aliphatic heterocycles. The predicted octanol–water partition coefficient (Wildman–Crippen LogP) is 1.79. The van der Waals surface area contributed by atoms with Crippen LogP contribution in [-0.4, -0.2) is 34.9 Å². The fourth-order valence-corrected chi connectivity index (χ4v) is 2.88. The molecule has 1 saturated heterocycles. The van der Waals surface area contributed by atoms with Crippen LogP contribution in [0, 0.1) is 5.92 Å². The van der Waals surface area contributed by atoms with E-state index in [1.807, 2.05) is 0 Å². The first-order valence-electron chi connectivity index (χ1n) is 7.02. The van der Waals surface area contributed by atoms with Gasteiger partial charge in [0.25, 0.3) is 5.24 Å². The van der Waals surface area contributed by atoms with E-state index in [-0.39, 0.29) is 12.5 Å². The fraction of sp³-hybridized carbons (Fsp3) is 0.333. The number of rotatable bonds is 5. The van der Waals surface area contributed by atoms with Gasteiger partial charge >= 0.3 is 5.97 Å². The SMILES string of the molecule is CCOC(=O)c1ccc(NC(=O)C(C)C2SC(=O)NC2=O)cc1. The van der Waals surface area contributed by atoms with E-state index < -0.39 is 28.3 Å². The summed E-state index contributed by atoms with van der Waals surface area (Å²) in [6, 6.07) is 6.23. The Hall–Kier alpha value is -2.35. The number of anilines is 1. The Labute approximate surface area is 137 Å². The van der Waals surface area contributed by atoms with Gasteiger partial charge in [-0.25, -0.2) is 4.79 Å². The molecule has 0 radical (unpaired) electrons. The number of amides is 3. The number of nitrogens with one attached hydrogen (secondary N) is 2. The lowest BCUT2D eigenvalue weighted by Crippen LogP contribution is -2.35. The zero-order valence-corrected chi connectivity index (χ0v) is 13.4. The Morgan fingerprint density at radius 1 is 1.30 bits per heavy atom. The molecule has 2 N–H and O–H groups in total. The second-order valence-electron chi connectivity index (χ2n) is 4.89.